The van der Waals surface area contributed by atoms with Crippen LogP contribution in [-0.2, 0) is 11.8 Å². The molecule has 2 fully saturated rings. The topological polar surface area (TPSA) is 123 Å². The van der Waals surface area contributed by atoms with Gasteiger partial charge in [-0.1, -0.05) is 0 Å². The summed E-state index contributed by atoms with van der Waals surface area (Å²) < 4.78 is 13.5. The van der Waals surface area contributed by atoms with E-state index in [1.165, 1.54) is 4.57 Å². The summed E-state index contributed by atoms with van der Waals surface area (Å²) in [6, 6.07) is 5.70. The number of morpholine rings is 1. The van der Waals surface area contributed by atoms with Gasteiger partial charge in [0, 0.05) is 51.2 Å². The van der Waals surface area contributed by atoms with E-state index in [2.05, 4.69) is 30.5 Å². The van der Waals surface area contributed by atoms with Crippen molar-refractivity contribution in [3.8, 4) is 5.75 Å². The number of nitrogens with zero attached hydrogens (tertiary/aromatic N) is 5. The van der Waals surface area contributed by atoms with Gasteiger partial charge in [0.2, 0.25) is 5.95 Å². The monoisotopic (exact) mass is 493 g/mol. The minimum atomic E-state index is -0.246. The molecule has 2 aromatic heterocycles. The summed E-state index contributed by atoms with van der Waals surface area (Å²) in [4.78, 5) is 40.1. The van der Waals surface area contributed by atoms with Crippen LogP contribution in [0.1, 0.15) is 36.2 Å². The van der Waals surface area contributed by atoms with Crippen molar-refractivity contribution in [1.82, 2.24) is 24.8 Å². The number of benzene rings is 1. The maximum absolute atomic E-state index is 13.0. The molecular formula is C25H31N7O4. The maximum Gasteiger partial charge on any atom is 0.269 e. The van der Waals surface area contributed by atoms with Crippen molar-refractivity contribution in [2.45, 2.75) is 37.8 Å². The average molecular weight is 494 g/mol. The molecule has 11 nitrogen and oxygen atoms in total. The van der Waals surface area contributed by atoms with Crippen LogP contribution in [-0.4, -0.2) is 70.9 Å². The highest BCUT2D eigenvalue weighted by Crippen LogP contribution is 2.32. The van der Waals surface area contributed by atoms with Gasteiger partial charge in [-0.05, 0) is 37.8 Å². The summed E-state index contributed by atoms with van der Waals surface area (Å²) >= 11 is 0. The number of aryl methyl sites for hydroxylation is 1. The van der Waals surface area contributed by atoms with Gasteiger partial charge in [-0.25, -0.2) is 15.0 Å². The molecule has 3 heterocycles. The van der Waals surface area contributed by atoms with Crippen molar-refractivity contribution in [2.75, 3.05) is 43.6 Å². The molecule has 0 radical (unpaired) electrons. The zero-order valence-corrected chi connectivity index (χ0v) is 20.6. The van der Waals surface area contributed by atoms with Gasteiger partial charge < -0.3 is 29.6 Å². The molecule has 3 aromatic rings. The Morgan fingerprint density at radius 3 is 2.67 bits per heavy atom. The lowest BCUT2D eigenvalue weighted by atomic mass is 9.93. The van der Waals surface area contributed by atoms with Gasteiger partial charge in [0.05, 0.1) is 31.2 Å². The molecule has 1 aliphatic carbocycles. The molecule has 1 saturated heterocycles. The fourth-order valence-corrected chi connectivity index (χ4v) is 4.75. The van der Waals surface area contributed by atoms with Crippen LogP contribution in [0, 0.1) is 0 Å². The van der Waals surface area contributed by atoms with Crippen LogP contribution in [0.5, 0.6) is 5.75 Å². The lowest BCUT2D eigenvalue weighted by molar-refractivity contribution is 0.0958. The first-order chi connectivity index (χ1) is 17.5. The first kappa shape index (κ1) is 24.0. The van der Waals surface area contributed by atoms with E-state index in [1.807, 2.05) is 12.1 Å². The molecule has 11 heteroatoms. The van der Waals surface area contributed by atoms with E-state index in [1.54, 1.807) is 32.7 Å². The highest BCUT2D eigenvalue weighted by atomic mass is 16.5. The Kier molecular flexibility index (Phi) is 6.99. The summed E-state index contributed by atoms with van der Waals surface area (Å²) in [7, 11) is 3.27. The molecule has 0 spiro atoms. The van der Waals surface area contributed by atoms with E-state index in [0.717, 1.165) is 44.5 Å². The zero-order chi connectivity index (χ0) is 25.1. The van der Waals surface area contributed by atoms with Crippen molar-refractivity contribution in [3.63, 3.8) is 0 Å². The van der Waals surface area contributed by atoms with Crippen molar-refractivity contribution in [1.29, 1.82) is 0 Å². The van der Waals surface area contributed by atoms with E-state index in [9.17, 15) is 9.59 Å². The normalized spacial score (nSPS) is 20.2. The van der Waals surface area contributed by atoms with Crippen molar-refractivity contribution < 1.29 is 14.3 Å². The number of amides is 1. The second kappa shape index (κ2) is 10.5. The highest BCUT2D eigenvalue weighted by molar-refractivity contribution is 5.92. The van der Waals surface area contributed by atoms with Crippen LogP contribution in [0.3, 0.4) is 0 Å². The van der Waals surface area contributed by atoms with Crippen molar-refractivity contribution in [2.24, 2.45) is 7.05 Å². The van der Waals surface area contributed by atoms with Gasteiger partial charge in [0.25, 0.3) is 11.5 Å². The number of nitrogens with one attached hydrogen (secondary N) is 2. The first-order valence-corrected chi connectivity index (χ1v) is 12.3. The molecule has 2 aliphatic rings. The minimum absolute atomic E-state index is 0.0192. The summed E-state index contributed by atoms with van der Waals surface area (Å²) in [6.07, 6.45) is 6.46. The Morgan fingerprint density at radius 2 is 1.92 bits per heavy atom. The smallest absolute Gasteiger partial charge is 0.269 e. The predicted octanol–water partition coefficient (Wildman–Crippen LogP) is 1.72. The van der Waals surface area contributed by atoms with Crippen LogP contribution in [0.25, 0.3) is 10.9 Å². The zero-order valence-electron chi connectivity index (χ0n) is 20.6. The van der Waals surface area contributed by atoms with Gasteiger partial charge >= 0.3 is 0 Å². The Morgan fingerprint density at radius 1 is 1.14 bits per heavy atom. The third kappa shape index (κ3) is 5.11. The number of carbonyl (C=O) groups excluding carboxylic acids is 1. The van der Waals surface area contributed by atoms with Gasteiger partial charge in [-0.3, -0.25) is 9.59 Å². The number of carbonyl (C=O) groups is 1. The predicted molar refractivity (Wildman–Crippen MR) is 136 cm³/mol. The quantitative estimate of drug-likeness (QED) is 0.528. The third-order valence-electron chi connectivity index (χ3n) is 6.76. The van der Waals surface area contributed by atoms with E-state index >= 15 is 0 Å². The van der Waals surface area contributed by atoms with Crippen molar-refractivity contribution >= 4 is 28.4 Å². The second-order valence-electron chi connectivity index (χ2n) is 9.18. The molecular weight excluding hydrogens is 462 g/mol. The number of rotatable bonds is 6. The number of fused-ring (bicyclic) bond motifs is 1. The van der Waals surface area contributed by atoms with Crippen LogP contribution >= 0.6 is 0 Å². The number of anilines is 2. The summed E-state index contributed by atoms with van der Waals surface area (Å²) in [6.45, 7) is 2.92. The van der Waals surface area contributed by atoms with Crippen LogP contribution in [0.15, 0.2) is 35.5 Å². The molecule has 190 valence electrons. The van der Waals surface area contributed by atoms with E-state index in [-0.39, 0.29) is 23.6 Å². The second-order valence-corrected chi connectivity index (χ2v) is 9.18. The third-order valence-corrected chi connectivity index (χ3v) is 6.76. The molecule has 0 atom stereocenters. The number of hydrogen-bond acceptors (Lipinski definition) is 9. The van der Waals surface area contributed by atoms with Gasteiger partial charge in [0.1, 0.15) is 16.8 Å². The van der Waals surface area contributed by atoms with E-state index in [0.29, 0.717) is 41.5 Å². The average Bonchev–Trinajstić information content (AvgIpc) is 2.92. The molecule has 0 unspecified atom stereocenters. The van der Waals surface area contributed by atoms with Crippen LogP contribution in [0.4, 0.5) is 11.6 Å². The van der Waals surface area contributed by atoms with Gasteiger partial charge in [-0.15, -0.1) is 0 Å². The van der Waals surface area contributed by atoms with Crippen LogP contribution in [0.2, 0.25) is 0 Å². The molecule has 1 saturated carbocycles. The summed E-state index contributed by atoms with van der Waals surface area (Å²) in [5, 5.41) is 6.43. The van der Waals surface area contributed by atoms with E-state index < -0.39 is 0 Å². The Balaban J connectivity index is 1.30. The first-order valence-electron chi connectivity index (χ1n) is 12.3. The largest absolute Gasteiger partial charge is 0.489 e. The van der Waals surface area contributed by atoms with Gasteiger partial charge in [0.15, 0.2) is 0 Å². The summed E-state index contributed by atoms with van der Waals surface area (Å²) in [5.74, 6) is 0.782. The Bertz CT molecular complexity index is 1300. The molecule has 36 heavy (non-hydrogen) atoms. The highest BCUT2D eigenvalue weighted by Gasteiger charge is 2.25. The van der Waals surface area contributed by atoms with Gasteiger partial charge in [-0.2, -0.15) is 0 Å². The Labute approximate surface area is 208 Å². The van der Waals surface area contributed by atoms with Crippen molar-refractivity contribution in [3.05, 3.63) is 46.8 Å². The molecule has 1 aliphatic heterocycles. The number of hydrogen-bond donors (Lipinski definition) is 2. The molecule has 2 N–H and O–H groups in total. The number of aromatic nitrogens is 4. The SMILES string of the molecule is CNC(=O)c1ccnc(N[C@H]2CC[C@@H](Oc3cc(N4CCOCC4)cc4ncn(C)c(=O)c34)CC2)n1. The fourth-order valence-electron chi connectivity index (χ4n) is 4.75. The fraction of sp³-hybridized carbons (Fsp3) is 0.480. The molecule has 0 bridgehead atoms. The molecule has 1 amide bonds. The molecule has 5 rings (SSSR count). The summed E-state index contributed by atoms with van der Waals surface area (Å²) in [5.41, 5.74) is 1.84. The number of ether oxygens (including phenoxy) is 2. The maximum atomic E-state index is 13.0. The van der Waals surface area contributed by atoms with Crippen LogP contribution < -0.4 is 25.8 Å². The van der Waals surface area contributed by atoms with E-state index in [4.69, 9.17) is 9.47 Å². The lowest BCUT2D eigenvalue weighted by Gasteiger charge is -2.31. The Hall–Kier alpha value is -3.73. The molecule has 1 aromatic carbocycles. The lowest BCUT2D eigenvalue weighted by Crippen LogP contribution is -2.36. The minimum Gasteiger partial charge on any atom is -0.489 e. The standard InChI is InChI=1S/C25H31N7O4/c1-26-23(33)19-7-8-27-25(30-19)29-16-3-5-18(6-4-16)36-21-14-17(32-9-11-35-12-10-32)13-20-22(21)24(34)31(2)15-28-20/h7-8,13-16,18H,3-6,9-12H2,1-2H3,(H,26,33)(H,27,29,30)/t16-,18+.